The van der Waals surface area contributed by atoms with Gasteiger partial charge in [0.1, 0.15) is 5.82 Å². The van der Waals surface area contributed by atoms with E-state index in [1.165, 1.54) is 6.07 Å². The van der Waals surface area contributed by atoms with E-state index in [9.17, 15) is 4.39 Å². The largest absolute Gasteiger partial charge is 0.358 e. The smallest absolute Gasteiger partial charge is 0.181 e. The van der Waals surface area contributed by atoms with Gasteiger partial charge in [-0.25, -0.2) is 9.37 Å². The Bertz CT molecular complexity index is 1800. The summed E-state index contributed by atoms with van der Waals surface area (Å²) in [6, 6.07) is 18.8. The number of fused-ring (bicyclic) bond motifs is 2. The number of H-pyrrole nitrogens is 2. The molecule has 0 spiro atoms. The number of hydrogen-bond acceptors (Lipinski definition) is 4. The molecule has 4 heterocycles. The minimum absolute atomic E-state index is 0.248. The van der Waals surface area contributed by atoms with Gasteiger partial charge in [0.25, 0.3) is 0 Å². The van der Waals surface area contributed by atoms with Crippen LogP contribution < -0.4 is 5.32 Å². The summed E-state index contributed by atoms with van der Waals surface area (Å²) in [6.45, 7) is 12.5. The number of aromatic nitrogens is 5. The van der Waals surface area contributed by atoms with Gasteiger partial charge in [-0.15, -0.1) is 0 Å². The molecule has 0 bridgehead atoms. The number of benzene rings is 2. The lowest BCUT2D eigenvalue weighted by molar-refractivity contribution is 0.631. The van der Waals surface area contributed by atoms with Gasteiger partial charge >= 0.3 is 0 Å². The summed E-state index contributed by atoms with van der Waals surface area (Å²) in [7, 11) is 0. The standard InChI is InChI=1S/C31H27FN6.C2H6/c1-18(2)11-19(3)35-22-12-20(15-33-17-22)21-13-26-30(37-38-31(26)34-16-21)29-14-25-23(8-6-10-28(25)36-29)24-7-4-5-9-27(24)32;1-2/h4-10,12-18,35-36H,3,11H2,1-2H3,(H,34,37,38);1-2H3. The molecule has 0 saturated carbocycles. The van der Waals surface area contributed by atoms with Gasteiger partial charge in [0.2, 0.25) is 0 Å². The molecule has 7 heteroatoms. The summed E-state index contributed by atoms with van der Waals surface area (Å²) in [4.78, 5) is 12.5. The predicted octanol–water partition coefficient (Wildman–Crippen LogP) is 8.97. The van der Waals surface area contributed by atoms with E-state index in [2.05, 4.69) is 57.0 Å². The first kappa shape index (κ1) is 26.8. The zero-order chi connectivity index (χ0) is 28.2. The maximum absolute atomic E-state index is 14.6. The highest BCUT2D eigenvalue weighted by atomic mass is 19.1. The van der Waals surface area contributed by atoms with Crippen LogP contribution in [0.25, 0.3) is 55.6 Å². The van der Waals surface area contributed by atoms with Gasteiger partial charge in [0, 0.05) is 51.1 Å². The number of halogens is 1. The molecular formula is C33H33FN6. The van der Waals surface area contributed by atoms with Crippen molar-refractivity contribution in [2.24, 2.45) is 5.92 Å². The summed E-state index contributed by atoms with van der Waals surface area (Å²) in [5, 5.41) is 12.7. The van der Waals surface area contributed by atoms with Gasteiger partial charge in [-0.05, 0) is 48.2 Å². The molecule has 6 nitrogen and oxygen atoms in total. The van der Waals surface area contributed by atoms with Crippen molar-refractivity contribution < 1.29 is 4.39 Å². The highest BCUT2D eigenvalue weighted by molar-refractivity contribution is 6.01. The normalized spacial score (nSPS) is 11.1. The van der Waals surface area contributed by atoms with Crippen LogP contribution in [0.3, 0.4) is 0 Å². The Morgan fingerprint density at radius 2 is 1.70 bits per heavy atom. The fraction of sp³-hybridized carbons (Fsp3) is 0.182. The number of rotatable bonds is 7. The maximum Gasteiger partial charge on any atom is 0.181 e. The summed E-state index contributed by atoms with van der Waals surface area (Å²) < 4.78 is 14.6. The Balaban J connectivity index is 0.00000158. The summed E-state index contributed by atoms with van der Waals surface area (Å²) in [6.07, 6.45) is 6.31. The first-order chi connectivity index (χ1) is 19.5. The third kappa shape index (κ3) is 5.36. The number of allylic oxidation sites excluding steroid dienone is 1. The van der Waals surface area contributed by atoms with Crippen molar-refractivity contribution in [3.63, 3.8) is 0 Å². The number of pyridine rings is 2. The third-order valence-electron chi connectivity index (χ3n) is 6.55. The van der Waals surface area contributed by atoms with Crippen molar-refractivity contribution in [1.82, 2.24) is 25.1 Å². The lowest BCUT2D eigenvalue weighted by Crippen LogP contribution is -2.02. The summed E-state index contributed by atoms with van der Waals surface area (Å²) >= 11 is 0. The van der Waals surface area contributed by atoms with Gasteiger partial charge in [0.05, 0.1) is 23.3 Å². The highest BCUT2D eigenvalue weighted by Gasteiger charge is 2.16. The molecule has 0 radical (unpaired) electrons. The number of hydrogen-bond donors (Lipinski definition) is 3. The van der Waals surface area contributed by atoms with Crippen molar-refractivity contribution in [3.05, 3.63) is 97.3 Å². The Morgan fingerprint density at radius 1 is 0.925 bits per heavy atom. The number of anilines is 1. The van der Waals surface area contributed by atoms with E-state index < -0.39 is 0 Å². The lowest BCUT2D eigenvalue weighted by Gasteiger charge is -2.12. The minimum Gasteiger partial charge on any atom is -0.358 e. The zero-order valence-electron chi connectivity index (χ0n) is 23.2. The van der Waals surface area contributed by atoms with Crippen molar-refractivity contribution in [2.75, 3.05) is 5.32 Å². The van der Waals surface area contributed by atoms with E-state index in [1.54, 1.807) is 24.5 Å². The average molecular weight is 533 g/mol. The van der Waals surface area contributed by atoms with Crippen LogP contribution in [0.2, 0.25) is 0 Å². The SMILES string of the molecule is C=C(CC(C)C)Nc1cncc(-c2cnc3n[nH]c(-c4cc5c(-c6ccccc6F)cccc5[nH]4)c3c2)c1.CC. The van der Waals surface area contributed by atoms with Crippen LogP contribution in [0.15, 0.2) is 91.5 Å². The third-order valence-corrected chi connectivity index (χ3v) is 6.55. The molecule has 0 unspecified atom stereocenters. The number of nitrogens with one attached hydrogen (secondary N) is 3. The van der Waals surface area contributed by atoms with Crippen molar-refractivity contribution >= 4 is 27.6 Å². The molecule has 0 amide bonds. The molecule has 4 aromatic heterocycles. The highest BCUT2D eigenvalue weighted by Crippen LogP contribution is 2.35. The second-order valence-electron chi connectivity index (χ2n) is 9.91. The van der Waals surface area contributed by atoms with E-state index in [-0.39, 0.29) is 5.82 Å². The summed E-state index contributed by atoms with van der Waals surface area (Å²) in [5.41, 5.74) is 8.30. The molecule has 0 saturated heterocycles. The molecule has 202 valence electrons. The second-order valence-corrected chi connectivity index (χ2v) is 9.91. The lowest BCUT2D eigenvalue weighted by atomic mass is 10.0. The van der Waals surface area contributed by atoms with E-state index in [0.29, 0.717) is 17.1 Å². The van der Waals surface area contributed by atoms with Gasteiger partial charge in [-0.3, -0.25) is 10.1 Å². The van der Waals surface area contributed by atoms with E-state index >= 15 is 0 Å². The Kier molecular flexibility index (Phi) is 7.73. The first-order valence-electron chi connectivity index (χ1n) is 13.6. The molecule has 0 aliphatic heterocycles. The molecule has 0 aliphatic carbocycles. The van der Waals surface area contributed by atoms with Crippen LogP contribution in [-0.2, 0) is 0 Å². The topological polar surface area (TPSA) is 82.3 Å². The Labute approximate surface area is 233 Å². The predicted molar refractivity (Wildman–Crippen MR) is 163 cm³/mol. The Hall–Kier alpha value is -4.78. The maximum atomic E-state index is 14.6. The van der Waals surface area contributed by atoms with Crippen molar-refractivity contribution in [1.29, 1.82) is 0 Å². The zero-order valence-corrected chi connectivity index (χ0v) is 23.2. The number of aromatic amines is 2. The molecule has 0 atom stereocenters. The molecule has 40 heavy (non-hydrogen) atoms. The molecule has 0 aliphatic rings. The molecule has 0 fully saturated rings. The fourth-order valence-electron chi connectivity index (χ4n) is 4.88. The average Bonchev–Trinajstić information content (AvgIpc) is 3.58. The van der Waals surface area contributed by atoms with Gasteiger partial charge in [-0.1, -0.05) is 64.6 Å². The first-order valence-corrected chi connectivity index (χ1v) is 13.6. The molecule has 2 aromatic carbocycles. The monoisotopic (exact) mass is 532 g/mol. The van der Waals surface area contributed by atoms with Crippen molar-refractivity contribution in [2.45, 2.75) is 34.1 Å². The second kappa shape index (κ2) is 11.5. The van der Waals surface area contributed by atoms with Crippen LogP contribution in [0.1, 0.15) is 34.1 Å². The Morgan fingerprint density at radius 3 is 2.50 bits per heavy atom. The molecular weight excluding hydrogens is 499 g/mol. The van der Waals surface area contributed by atoms with E-state index in [1.807, 2.05) is 56.4 Å². The summed E-state index contributed by atoms with van der Waals surface area (Å²) in [5.74, 6) is 0.270. The van der Waals surface area contributed by atoms with Crippen LogP contribution in [0, 0.1) is 11.7 Å². The van der Waals surface area contributed by atoms with Crippen molar-refractivity contribution in [3.8, 4) is 33.6 Å². The van der Waals surface area contributed by atoms with Crippen LogP contribution >= 0.6 is 0 Å². The van der Waals surface area contributed by atoms with E-state index in [0.717, 1.165) is 62.2 Å². The molecule has 3 N–H and O–H groups in total. The van der Waals surface area contributed by atoms with Crippen LogP contribution in [0.4, 0.5) is 10.1 Å². The van der Waals surface area contributed by atoms with Gasteiger partial charge in [-0.2, -0.15) is 5.10 Å². The number of nitrogens with zero attached hydrogens (tertiary/aromatic N) is 3. The van der Waals surface area contributed by atoms with Gasteiger partial charge in [0.15, 0.2) is 5.65 Å². The van der Waals surface area contributed by atoms with Gasteiger partial charge < -0.3 is 10.3 Å². The van der Waals surface area contributed by atoms with Crippen LogP contribution in [0.5, 0.6) is 0 Å². The molecule has 6 aromatic rings. The van der Waals surface area contributed by atoms with E-state index in [4.69, 9.17) is 0 Å². The minimum atomic E-state index is -0.248. The quantitative estimate of drug-likeness (QED) is 0.192. The molecule has 6 rings (SSSR count). The van der Waals surface area contributed by atoms with Crippen LogP contribution in [-0.4, -0.2) is 25.1 Å². The fourth-order valence-corrected chi connectivity index (χ4v) is 4.88.